The Morgan fingerprint density at radius 2 is 1.74 bits per heavy atom. The van der Waals surface area contributed by atoms with E-state index in [4.69, 9.17) is 9.47 Å². The minimum atomic E-state index is -3.49. The average molecular weight is 409 g/mol. The minimum absolute atomic E-state index is 0.000243. The summed E-state index contributed by atoms with van der Waals surface area (Å²) in [4.78, 5) is 24.6. The third-order valence-electron chi connectivity index (χ3n) is 3.34. The van der Waals surface area contributed by atoms with Crippen molar-refractivity contribution in [2.24, 2.45) is 0 Å². The fourth-order valence-electron chi connectivity index (χ4n) is 2.08. The summed E-state index contributed by atoms with van der Waals surface area (Å²) in [5, 5.41) is 2.44. The second-order valence-electron chi connectivity index (χ2n) is 5.44. The first-order chi connectivity index (χ1) is 12.8. The monoisotopic (exact) mass is 409 g/mol. The van der Waals surface area contributed by atoms with Crippen LogP contribution in [0.5, 0.6) is 5.75 Å². The number of ether oxygens (including phenoxy) is 2. The molecule has 0 saturated carbocycles. The van der Waals surface area contributed by atoms with Crippen LogP contribution in [0.4, 0.5) is 5.69 Å². The van der Waals surface area contributed by atoms with Crippen molar-refractivity contribution in [2.45, 2.75) is 9.79 Å². The van der Waals surface area contributed by atoms with Gasteiger partial charge in [-0.2, -0.15) is 0 Å². The summed E-state index contributed by atoms with van der Waals surface area (Å²) in [7, 11) is -1.92. The molecule has 7 nitrogen and oxygen atoms in total. The molecule has 0 aliphatic heterocycles. The third-order valence-corrected chi connectivity index (χ3v) is 5.48. The molecule has 0 bridgehead atoms. The Morgan fingerprint density at radius 3 is 2.37 bits per heavy atom. The van der Waals surface area contributed by atoms with E-state index in [2.05, 4.69) is 5.32 Å². The van der Waals surface area contributed by atoms with Crippen molar-refractivity contribution in [3.05, 3.63) is 48.5 Å². The maximum atomic E-state index is 11.9. The maximum absolute atomic E-state index is 11.9. The first-order valence-electron chi connectivity index (χ1n) is 7.81. The van der Waals surface area contributed by atoms with E-state index < -0.39 is 28.3 Å². The number of carbonyl (C=O) groups excluding carboxylic acids is 2. The number of thioether (sulfide) groups is 1. The first kappa shape index (κ1) is 20.8. The van der Waals surface area contributed by atoms with E-state index in [-0.39, 0.29) is 16.3 Å². The van der Waals surface area contributed by atoms with Crippen LogP contribution in [0.25, 0.3) is 0 Å². The first-order valence-corrected chi connectivity index (χ1v) is 10.7. The molecule has 1 amide bonds. The number of benzene rings is 2. The molecule has 0 spiro atoms. The Morgan fingerprint density at radius 1 is 1.07 bits per heavy atom. The van der Waals surface area contributed by atoms with Crippen LogP contribution in [0.2, 0.25) is 0 Å². The van der Waals surface area contributed by atoms with Crippen molar-refractivity contribution >= 4 is 39.2 Å². The van der Waals surface area contributed by atoms with Gasteiger partial charge in [-0.25, -0.2) is 8.42 Å². The van der Waals surface area contributed by atoms with E-state index in [1.165, 1.54) is 23.9 Å². The summed E-state index contributed by atoms with van der Waals surface area (Å²) in [6.45, 7) is -0.500. The third kappa shape index (κ3) is 6.61. The molecule has 27 heavy (non-hydrogen) atoms. The molecular weight excluding hydrogens is 390 g/mol. The van der Waals surface area contributed by atoms with E-state index in [1.807, 2.05) is 12.1 Å². The average Bonchev–Trinajstić information content (AvgIpc) is 2.64. The molecule has 2 rings (SSSR count). The van der Waals surface area contributed by atoms with E-state index in [1.54, 1.807) is 31.4 Å². The summed E-state index contributed by atoms with van der Waals surface area (Å²) in [6, 6.07) is 13.2. The Labute approximate surface area is 162 Å². The molecule has 0 radical (unpaired) electrons. The van der Waals surface area contributed by atoms with Crippen molar-refractivity contribution in [1.29, 1.82) is 0 Å². The van der Waals surface area contributed by atoms with Gasteiger partial charge >= 0.3 is 5.97 Å². The Bertz CT molecular complexity index is 910. The lowest BCUT2D eigenvalue weighted by Gasteiger charge is -2.10. The lowest BCUT2D eigenvalue weighted by Crippen LogP contribution is -2.22. The predicted octanol–water partition coefficient (Wildman–Crippen LogP) is 2.37. The quantitative estimate of drug-likeness (QED) is 0.528. The van der Waals surface area contributed by atoms with Gasteiger partial charge < -0.3 is 14.8 Å². The molecule has 144 valence electrons. The highest BCUT2D eigenvalue weighted by Crippen LogP contribution is 2.22. The summed E-state index contributed by atoms with van der Waals surface area (Å²) >= 11 is 1.27. The summed E-state index contributed by atoms with van der Waals surface area (Å²) in [5.41, 5.74) is 0.147. The van der Waals surface area contributed by atoms with Gasteiger partial charge in [-0.05, 0) is 36.4 Å². The number of para-hydroxylation sites is 1. The minimum Gasteiger partial charge on any atom is -0.497 e. The van der Waals surface area contributed by atoms with E-state index in [0.29, 0.717) is 5.75 Å². The lowest BCUT2D eigenvalue weighted by molar-refractivity contribution is -0.144. The smallest absolute Gasteiger partial charge is 0.316 e. The van der Waals surface area contributed by atoms with Crippen LogP contribution >= 0.6 is 11.8 Å². The van der Waals surface area contributed by atoms with Crippen LogP contribution in [0.15, 0.2) is 58.3 Å². The van der Waals surface area contributed by atoms with Gasteiger partial charge in [0.05, 0.1) is 23.4 Å². The standard InChI is InChI=1S/C18H19NO6S2/c1-24-13-7-9-14(10-8-13)26-12-18(21)25-11-17(20)19-15-5-3-4-6-16(15)27(2,22)23/h3-10H,11-12H2,1-2H3,(H,19,20). The number of hydrogen-bond acceptors (Lipinski definition) is 7. The zero-order valence-electron chi connectivity index (χ0n) is 14.8. The summed E-state index contributed by atoms with van der Waals surface area (Å²) in [5.74, 6) is -0.413. The maximum Gasteiger partial charge on any atom is 0.316 e. The molecule has 1 N–H and O–H groups in total. The second-order valence-corrected chi connectivity index (χ2v) is 8.47. The number of rotatable bonds is 8. The van der Waals surface area contributed by atoms with Gasteiger partial charge in [0.25, 0.3) is 5.91 Å². The molecule has 0 aliphatic carbocycles. The number of nitrogens with one attached hydrogen (secondary N) is 1. The molecule has 0 aromatic heterocycles. The Hall–Kier alpha value is -2.52. The van der Waals surface area contributed by atoms with Crippen molar-refractivity contribution in [2.75, 3.05) is 31.0 Å². The van der Waals surface area contributed by atoms with E-state index >= 15 is 0 Å². The highest BCUT2D eigenvalue weighted by molar-refractivity contribution is 8.00. The fourth-order valence-corrected chi connectivity index (χ4v) is 3.62. The molecule has 0 atom stereocenters. The second kappa shape index (κ2) is 9.43. The SMILES string of the molecule is COc1ccc(SCC(=O)OCC(=O)Nc2ccccc2S(C)(=O)=O)cc1. The fraction of sp³-hybridized carbons (Fsp3) is 0.222. The molecule has 0 unspecified atom stereocenters. The van der Waals surface area contributed by atoms with E-state index in [9.17, 15) is 18.0 Å². The van der Waals surface area contributed by atoms with Crippen LogP contribution in [0.3, 0.4) is 0 Å². The van der Waals surface area contributed by atoms with Gasteiger partial charge in [0.2, 0.25) is 0 Å². The van der Waals surface area contributed by atoms with Crippen molar-refractivity contribution in [3.63, 3.8) is 0 Å². The van der Waals surface area contributed by atoms with Gasteiger partial charge in [0, 0.05) is 11.2 Å². The number of amides is 1. The van der Waals surface area contributed by atoms with Gasteiger partial charge in [-0.1, -0.05) is 12.1 Å². The zero-order chi connectivity index (χ0) is 19.9. The Balaban J connectivity index is 1.82. The van der Waals surface area contributed by atoms with Crippen LogP contribution in [-0.2, 0) is 24.2 Å². The number of sulfone groups is 1. The molecule has 0 fully saturated rings. The van der Waals surface area contributed by atoms with Gasteiger partial charge in [-0.3, -0.25) is 9.59 Å². The molecule has 0 saturated heterocycles. The van der Waals surface area contributed by atoms with Crippen LogP contribution in [0.1, 0.15) is 0 Å². The van der Waals surface area contributed by atoms with E-state index in [0.717, 1.165) is 11.2 Å². The highest BCUT2D eigenvalue weighted by Gasteiger charge is 2.15. The number of hydrogen-bond donors (Lipinski definition) is 1. The van der Waals surface area contributed by atoms with Gasteiger partial charge in [-0.15, -0.1) is 11.8 Å². The van der Waals surface area contributed by atoms with Gasteiger partial charge in [0.1, 0.15) is 5.75 Å². The molecule has 2 aromatic rings. The highest BCUT2D eigenvalue weighted by atomic mass is 32.2. The number of esters is 1. The van der Waals surface area contributed by atoms with Crippen LogP contribution < -0.4 is 10.1 Å². The van der Waals surface area contributed by atoms with Crippen LogP contribution in [0, 0.1) is 0 Å². The van der Waals surface area contributed by atoms with Crippen molar-refractivity contribution < 1.29 is 27.5 Å². The zero-order valence-corrected chi connectivity index (χ0v) is 16.4. The van der Waals surface area contributed by atoms with Crippen molar-refractivity contribution in [3.8, 4) is 5.75 Å². The summed E-state index contributed by atoms with van der Waals surface area (Å²) < 4.78 is 33.4. The number of carbonyl (C=O) groups is 2. The summed E-state index contributed by atoms with van der Waals surface area (Å²) in [6.07, 6.45) is 1.05. The topological polar surface area (TPSA) is 98.8 Å². The molecule has 2 aromatic carbocycles. The lowest BCUT2D eigenvalue weighted by atomic mass is 10.3. The predicted molar refractivity (Wildman–Crippen MR) is 103 cm³/mol. The molecule has 0 aliphatic rings. The normalized spacial score (nSPS) is 10.9. The Kier molecular flexibility index (Phi) is 7.26. The number of methoxy groups -OCH3 is 1. The van der Waals surface area contributed by atoms with Crippen LogP contribution in [-0.4, -0.2) is 46.0 Å². The van der Waals surface area contributed by atoms with Crippen molar-refractivity contribution in [1.82, 2.24) is 0 Å². The largest absolute Gasteiger partial charge is 0.497 e. The molecule has 9 heteroatoms. The number of anilines is 1. The molecule has 0 heterocycles. The molecular formula is C18H19NO6S2. The van der Waals surface area contributed by atoms with Gasteiger partial charge in [0.15, 0.2) is 16.4 Å².